The second-order valence-corrected chi connectivity index (χ2v) is 7.72. The van der Waals surface area contributed by atoms with Gasteiger partial charge in [-0.3, -0.25) is 19.5 Å². The Morgan fingerprint density at radius 2 is 2.03 bits per heavy atom. The van der Waals surface area contributed by atoms with E-state index in [1.54, 1.807) is 36.5 Å². The van der Waals surface area contributed by atoms with E-state index < -0.39 is 5.54 Å². The van der Waals surface area contributed by atoms with Crippen LogP contribution < -0.4 is 4.90 Å². The molecule has 2 aliphatic rings. The Kier molecular flexibility index (Phi) is 5.04. The number of ether oxygens (including phenoxy) is 1. The summed E-state index contributed by atoms with van der Waals surface area (Å²) >= 11 is 0. The van der Waals surface area contributed by atoms with Crippen LogP contribution in [0.1, 0.15) is 47.2 Å². The number of carbonyl (C=O) groups excluding carboxylic acids is 2. The number of carbonyl (C=O) groups is 2. The van der Waals surface area contributed by atoms with Crippen LogP contribution >= 0.6 is 0 Å². The highest BCUT2D eigenvalue weighted by molar-refractivity contribution is 6.00. The zero-order valence-corrected chi connectivity index (χ0v) is 17.0. The van der Waals surface area contributed by atoms with E-state index in [2.05, 4.69) is 4.98 Å². The van der Waals surface area contributed by atoms with Gasteiger partial charge in [0.05, 0.1) is 19.6 Å². The van der Waals surface area contributed by atoms with Gasteiger partial charge in [-0.2, -0.15) is 0 Å². The molecule has 2 amide bonds. The Bertz CT molecular complexity index is 949. The molecule has 2 aromatic rings. The van der Waals surface area contributed by atoms with Crippen molar-refractivity contribution in [2.75, 3.05) is 31.7 Å². The molecule has 8 nitrogen and oxygen atoms in total. The molecule has 4 heterocycles. The standard InChI is InChI=1S/C21H25N5O3/c1-14-16-13-17(27)25(11-12-29-3)18(16)24-20(23-14)21(2)7-4-10-26(21)19(28)15-5-8-22-9-6-15/h5-6,8-9H,4,7,10-13H2,1-3H3. The smallest absolute Gasteiger partial charge is 0.254 e. The molecule has 2 aliphatic heterocycles. The fraction of sp³-hybridized carbons (Fsp3) is 0.476. The average Bonchev–Trinajstić information content (AvgIpc) is 3.27. The third-order valence-electron chi connectivity index (χ3n) is 5.89. The summed E-state index contributed by atoms with van der Waals surface area (Å²) in [6.45, 7) is 5.45. The summed E-state index contributed by atoms with van der Waals surface area (Å²) in [6, 6.07) is 3.45. The van der Waals surface area contributed by atoms with Crippen LogP contribution in [0.25, 0.3) is 0 Å². The molecule has 29 heavy (non-hydrogen) atoms. The van der Waals surface area contributed by atoms with E-state index in [0.29, 0.717) is 43.3 Å². The fourth-order valence-electron chi connectivity index (χ4n) is 4.20. The maximum atomic E-state index is 13.2. The van der Waals surface area contributed by atoms with E-state index in [4.69, 9.17) is 14.7 Å². The van der Waals surface area contributed by atoms with Crippen LogP contribution in [0.3, 0.4) is 0 Å². The normalized spacial score (nSPS) is 21.0. The van der Waals surface area contributed by atoms with Crippen molar-refractivity contribution in [3.05, 3.63) is 47.2 Å². The molecule has 4 rings (SSSR count). The predicted molar refractivity (Wildman–Crippen MR) is 107 cm³/mol. The third kappa shape index (κ3) is 3.27. The highest BCUT2D eigenvalue weighted by Crippen LogP contribution is 2.40. The van der Waals surface area contributed by atoms with Crippen LogP contribution in [0.4, 0.5) is 5.82 Å². The minimum atomic E-state index is -0.626. The monoisotopic (exact) mass is 395 g/mol. The quantitative estimate of drug-likeness (QED) is 0.768. The lowest BCUT2D eigenvalue weighted by Gasteiger charge is -2.34. The van der Waals surface area contributed by atoms with Gasteiger partial charge in [0.1, 0.15) is 11.4 Å². The fourth-order valence-corrected chi connectivity index (χ4v) is 4.20. The van der Waals surface area contributed by atoms with Crippen molar-refractivity contribution >= 4 is 17.6 Å². The molecular weight excluding hydrogens is 370 g/mol. The van der Waals surface area contributed by atoms with E-state index >= 15 is 0 Å². The Labute approximate surface area is 169 Å². The molecule has 2 aromatic heterocycles. The van der Waals surface area contributed by atoms with E-state index in [0.717, 1.165) is 24.1 Å². The first kappa shape index (κ1) is 19.4. The number of fused-ring (bicyclic) bond motifs is 1. The van der Waals surface area contributed by atoms with E-state index in [-0.39, 0.29) is 11.8 Å². The second kappa shape index (κ2) is 7.51. The Balaban J connectivity index is 1.72. The van der Waals surface area contributed by atoms with Crippen LogP contribution in [0.15, 0.2) is 24.5 Å². The molecule has 8 heteroatoms. The molecule has 0 bridgehead atoms. The summed E-state index contributed by atoms with van der Waals surface area (Å²) in [5.41, 5.74) is 1.63. The molecule has 0 saturated carbocycles. The third-order valence-corrected chi connectivity index (χ3v) is 5.89. The summed E-state index contributed by atoms with van der Waals surface area (Å²) in [4.78, 5) is 42.7. The van der Waals surface area contributed by atoms with Gasteiger partial charge in [0.15, 0.2) is 5.82 Å². The Morgan fingerprint density at radius 1 is 1.28 bits per heavy atom. The van der Waals surface area contributed by atoms with Crippen molar-refractivity contribution in [3.8, 4) is 0 Å². The SMILES string of the molecule is COCCN1C(=O)Cc2c(C)nc(C3(C)CCCN3C(=O)c3ccncc3)nc21. The highest BCUT2D eigenvalue weighted by Gasteiger charge is 2.45. The highest BCUT2D eigenvalue weighted by atomic mass is 16.5. The molecule has 1 saturated heterocycles. The van der Waals surface area contributed by atoms with Gasteiger partial charge in [0.25, 0.3) is 5.91 Å². The molecular formula is C21H25N5O3. The zero-order chi connectivity index (χ0) is 20.6. The number of hydrogen-bond donors (Lipinski definition) is 0. The number of aryl methyl sites for hydroxylation is 1. The number of hydrogen-bond acceptors (Lipinski definition) is 6. The number of pyridine rings is 1. The molecule has 152 valence electrons. The molecule has 0 aromatic carbocycles. The molecule has 0 spiro atoms. The molecule has 0 N–H and O–H groups in total. The minimum absolute atomic E-state index is 0.00731. The van der Waals surface area contributed by atoms with Gasteiger partial charge in [0.2, 0.25) is 5.91 Å². The van der Waals surface area contributed by atoms with Crippen molar-refractivity contribution in [3.63, 3.8) is 0 Å². The van der Waals surface area contributed by atoms with Gasteiger partial charge in [0, 0.05) is 42.9 Å². The van der Waals surface area contributed by atoms with Crippen molar-refractivity contribution in [2.45, 2.75) is 38.6 Å². The van der Waals surface area contributed by atoms with Crippen molar-refractivity contribution in [2.24, 2.45) is 0 Å². The summed E-state index contributed by atoms with van der Waals surface area (Å²) in [5, 5.41) is 0. The number of anilines is 1. The number of rotatable bonds is 5. The first-order valence-electron chi connectivity index (χ1n) is 9.85. The summed E-state index contributed by atoms with van der Waals surface area (Å²) in [7, 11) is 1.61. The van der Waals surface area contributed by atoms with Crippen LogP contribution in [0.2, 0.25) is 0 Å². The van der Waals surface area contributed by atoms with E-state index in [1.165, 1.54) is 0 Å². The van der Waals surface area contributed by atoms with Crippen LogP contribution in [-0.2, 0) is 21.5 Å². The number of nitrogens with zero attached hydrogens (tertiary/aromatic N) is 5. The predicted octanol–water partition coefficient (Wildman–Crippen LogP) is 1.87. The molecule has 1 unspecified atom stereocenters. The summed E-state index contributed by atoms with van der Waals surface area (Å²) in [6.07, 6.45) is 5.20. The first-order chi connectivity index (χ1) is 14.0. The van der Waals surface area contributed by atoms with Gasteiger partial charge >= 0.3 is 0 Å². The van der Waals surface area contributed by atoms with Gasteiger partial charge in [-0.25, -0.2) is 9.97 Å². The lowest BCUT2D eigenvalue weighted by molar-refractivity contribution is -0.117. The lowest BCUT2D eigenvalue weighted by Crippen LogP contribution is -2.44. The maximum Gasteiger partial charge on any atom is 0.254 e. The molecule has 1 atom stereocenters. The van der Waals surface area contributed by atoms with Crippen molar-refractivity contribution in [1.29, 1.82) is 0 Å². The topological polar surface area (TPSA) is 88.5 Å². The Morgan fingerprint density at radius 3 is 2.76 bits per heavy atom. The van der Waals surface area contributed by atoms with Gasteiger partial charge in [-0.15, -0.1) is 0 Å². The van der Waals surface area contributed by atoms with Gasteiger partial charge < -0.3 is 9.64 Å². The maximum absolute atomic E-state index is 13.2. The van der Waals surface area contributed by atoms with Gasteiger partial charge in [-0.05, 0) is 38.8 Å². The largest absolute Gasteiger partial charge is 0.383 e. The number of likely N-dealkylation sites (tertiary alicyclic amines) is 1. The average molecular weight is 395 g/mol. The number of amides is 2. The first-order valence-corrected chi connectivity index (χ1v) is 9.85. The second-order valence-electron chi connectivity index (χ2n) is 7.72. The van der Waals surface area contributed by atoms with Crippen LogP contribution in [-0.4, -0.2) is 58.5 Å². The van der Waals surface area contributed by atoms with E-state index in [9.17, 15) is 9.59 Å². The molecule has 0 radical (unpaired) electrons. The summed E-state index contributed by atoms with van der Waals surface area (Å²) in [5.74, 6) is 1.19. The Hall–Kier alpha value is -2.87. The molecule has 0 aliphatic carbocycles. The van der Waals surface area contributed by atoms with Crippen molar-refractivity contribution in [1.82, 2.24) is 19.9 Å². The van der Waals surface area contributed by atoms with E-state index in [1.807, 2.05) is 18.7 Å². The zero-order valence-electron chi connectivity index (χ0n) is 17.0. The number of methoxy groups -OCH3 is 1. The molecule has 1 fully saturated rings. The van der Waals surface area contributed by atoms with Crippen molar-refractivity contribution < 1.29 is 14.3 Å². The van der Waals surface area contributed by atoms with Crippen LogP contribution in [0, 0.1) is 6.92 Å². The lowest BCUT2D eigenvalue weighted by atomic mass is 9.96. The minimum Gasteiger partial charge on any atom is -0.383 e. The number of aromatic nitrogens is 3. The van der Waals surface area contributed by atoms with Crippen LogP contribution in [0.5, 0.6) is 0 Å². The van der Waals surface area contributed by atoms with Gasteiger partial charge in [-0.1, -0.05) is 0 Å². The summed E-state index contributed by atoms with van der Waals surface area (Å²) < 4.78 is 5.15.